The molecule has 356 valence electrons. The number of allylic oxidation sites excluding steroid dienone is 1. The second kappa shape index (κ2) is 19.5. The third-order valence-corrected chi connectivity index (χ3v) is 12.5. The topological polar surface area (TPSA) is 154 Å². The molecular weight excluding hydrogens is 841 g/mol. The van der Waals surface area contributed by atoms with Gasteiger partial charge in [0.05, 0.1) is 5.57 Å². The molecular formula is C57H70N2O8. The highest BCUT2D eigenvalue weighted by Gasteiger charge is 2.29. The summed E-state index contributed by atoms with van der Waals surface area (Å²) < 4.78 is 12.9. The molecule has 0 aliphatic heterocycles. The van der Waals surface area contributed by atoms with Crippen molar-refractivity contribution in [2.75, 3.05) is 26.3 Å². The van der Waals surface area contributed by atoms with Crippen LogP contribution in [-0.2, 0) is 61.7 Å². The highest BCUT2D eigenvalue weighted by atomic mass is 16.5. The molecule has 0 radical (unpaired) electrons. The van der Waals surface area contributed by atoms with E-state index in [0.29, 0.717) is 58.8 Å². The van der Waals surface area contributed by atoms with E-state index < -0.39 is 12.6 Å². The molecule has 0 saturated heterocycles. The Kier molecular flexibility index (Phi) is 14.6. The van der Waals surface area contributed by atoms with Gasteiger partial charge in [-0.05, 0) is 107 Å². The summed E-state index contributed by atoms with van der Waals surface area (Å²) in [7, 11) is 0. The van der Waals surface area contributed by atoms with Gasteiger partial charge in [0.1, 0.15) is 23.0 Å². The average Bonchev–Trinajstić information content (AvgIpc) is 3.76. The molecule has 0 fully saturated rings. The van der Waals surface area contributed by atoms with Crippen molar-refractivity contribution < 1.29 is 39.2 Å². The molecule has 8 bridgehead atoms. The molecule has 2 amide bonds. The number of carboxylic acid groups (broad SMARTS) is 1. The van der Waals surface area contributed by atoms with E-state index in [2.05, 4.69) is 124 Å². The van der Waals surface area contributed by atoms with E-state index in [4.69, 9.17) is 9.47 Å². The van der Waals surface area contributed by atoms with Crippen LogP contribution in [0.5, 0.6) is 23.0 Å². The SMILES string of the molecule is CC(C)(C)c1cc2c(O)c(c1)Cc1cc(C(C)(C)C)cc(c1OCC(=O)NCCCNC(=O)C1=C=CC=C1)Cc1cc(C(C)(C)C)cc(c1O)Cc1cc(C(C)(C)C)cc(c1OCC(=O)O)C2. The quantitative estimate of drug-likeness (QED) is 0.0649. The van der Waals surface area contributed by atoms with Crippen LogP contribution in [0, 0.1) is 0 Å². The maximum Gasteiger partial charge on any atom is 0.341 e. The van der Waals surface area contributed by atoms with Gasteiger partial charge in [-0.15, -0.1) is 5.73 Å². The van der Waals surface area contributed by atoms with Gasteiger partial charge in [0.2, 0.25) is 0 Å². The number of benzene rings is 4. The molecule has 0 spiro atoms. The number of phenols is 2. The minimum absolute atomic E-state index is 0.111. The van der Waals surface area contributed by atoms with E-state index >= 15 is 0 Å². The lowest BCUT2D eigenvalue weighted by molar-refractivity contribution is -0.139. The number of hydrogen-bond acceptors (Lipinski definition) is 7. The van der Waals surface area contributed by atoms with E-state index in [1.54, 1.807) is 18.2 Å². The van der Waals surface area contributed by atoms with Gasteiger partial charge in [0, 0.05) is 38.8 Å². The summed E-state index contributed by atoms with van der Waals surface area (Å²) in [6.45, 7) is 25.4. The Labute approximate surface area is 397 Å². The molecule has 0 heterocycles. The normalized spacial score (nSPS) is 13.8. The Bertz CT molecular complexity index is 2550. The number of rotatable bonds is 11. The molecule has 6 rings (SSSR count). The first-order valence-electron chi connectivity index (χ1n) is 23.4. The Balaban J connectivity index is 1.54. The van der Waals surface area contributed by atoms with Gasteiger partial charge < -0.3 is 35.4 Å². The van der Waals surface area contributed by atoms with Crippen molar-refractivity contribution in [3.8, 4) is 23.0 Å². The van der Waals surface area contributed by atoms with E-state index in [1.807, 2.05) is 24.3 Å². The van der Waals surface area contributed by atoms with Crippen LogP contribution in [0.2, 0.25) is 0 Å². The highest BCUT2D eigenvalue weighted by molar-refractivity contribution is 5.96. The zero-order chi connectivity index (χ0) is 49.2. The third-order valence-electron chi connectivity index (χ3n) is 12.5. The number of fused-ring (bicyclic) bond motifs is 8. The predicted octanol–water partition coefficient (Wildman–Crippen LogP) is 10.1. The van der Waals surface area contributed by atoms with Gasteiger partial charge >= 0.3 is 5.97 Å². The minimum Gasteiger partial charge on any atom is -0.507 e. The number of aliphatic carboxylic acids is 1. The van der Waals surface area contributed by atoms with Gasteiger partial charge in [-0.25, -0.2) is 4.79 Å². The van der Waals surface area contributed by atoms with Crippen LogP contribution in [0.1, 0.15) is 156 Å². The molecule has 10 heteroatoms. The molecule has 10 nitrogen and oxygen atoms in total. The van der Waals surface area contributed by atoms with Crippen LogP contribution in [0.15, 0.2) is 78.1 Å². The number of carbonyl (C=O) groups excluding carboxylic acids is 2. The van der Waals surface area contributed by atoms with Crippen LogP contribution in [0.4, 0.5) is 0 Å². The van der Waals surface area contributed by atoms with Gasteiger partial charge in [0.25, 0.3) is 11.8 Å². The lowest BCUT2D eigenvalue weighted by Gasteiger charge is -2.28. The fourth-order valence-electron chi connectivity index (χ4n) is 8.42. The van der Waals surface area contributed by atoms with Gasteiger partial charge in [-0.1, -0.05) is 138 Å². The predicted molar refractivity (Wildman–Crippen MR) is 265 cm³/mol. The zero-order valence-corrected chi connectivity index (χ0v) is 41.6. The number of nitrogens with one attached hydrogen (secondary N) is 2. The van der Waals surface area contributed by atoms with E-state index in [1.165, 1.54) is 0 Å². The van der Waals surface area contributed by atoms with Gasteiger partial charge in [-0.2, -0.15) is 0 Å². The molecule has 0 aromatic heterocycles. The lowest BCUT2D eigenvalue weighted by Crippen LogP contribution is -2.33. The second-order valence-corrected chi connectivity index (χ2v) is 22.3. The summed E-state index contributed by atoms with van der Waals surface area (Å²) in [4.78, 5) is 38.0. The van der Waals surface area contributed by atoms with Crippen molar-refractivity contribution in [2.45, 2.75) is 137 Å². The Hall–Kier alpha value is -6.25. The molecule has 0 unspecified atom stereocenters. The molecule has 4 aromatic carbocycles. The number of amides is 2. The largest absolute Gasteiger partial charge is 0.507 e. The summed E-state index contributed by atoms with van der Waals surface area (Å²) in [5.74, 6) is -0.515. The number of hydrogen-bond donors (Lipinski definition) is 5. The Morgan fingerprint density at radius 3 is 1.21 bits per heavy atom. The first-order chi connectivity index (χ1) is 31.2. The smallest absolute Gasteiger partial charge is 0.341 e. The minimum atomic E-state index is -1.11. The fraction of sp³-hybridized carbons (Fsp3) is 0.439. The number of aromatic hydroxyl groups is 2. The monoisotopic (exact) mass is 911 g/mol. The van der Waals surface area contributed by atoms with Crippen molar-refractivity contribution in [3.63, 3.8) is 0 Å². The molecule has 5 N–H and O–H groups in total. The number of carbonyl (C=O) groups is 3. The van der Waals surface area contributed by atoms with Crippen molar-refractivity contribution >= 4 is 17.8 Å². The van der Waals surface area contributed by atoms with E-state index in [9.17, 15) is 29.7 Å². The van der Waals surface area contributed by atoms with E-state index in [-0.39, 0.29) is 77.3 Å². The summed E-state index contributed by atoms with van der Waals surface area (Å²) in [5, 5.41) is 40.6. The van der Waals surface area contributed by atoms with Crippen LogP contribution in [0.3, 0.4) is 0 Å². The van der Waals surface area contributed by atoms with Crippen molar-refractivity contribution in [1.82, 2.24) is 10.6 Å². The van der Waals surface area contributed by atoms with Gasteiger partial charge in [0.15, 0.2) is 13.2 Å². The summed E-state index contributed by atoms with van der Waals surface area (Å²) in [6.07, 6.45) is 6.64. The Morgan fingerprint density at radius 2 is 0.881 bits per heavy atom. The van der Waals surface area contributed by atoms with Crippen molar-refractivity contribution in [2.24, 2.45) is 0 Å². The summed E-state index contributed by atoms with van der Waals surface area (Å²) in [6, 6.07) is 16.5. The maximum atomic E-state index is 13.5. The molecule has 2 aliphatic rings. The van der Waals surface area contributed by atoms with Crippen LogP contribution in [-0.4, -0.2) is 59.4 Å². The van der Waals surface area contributed by atoms with Crippen LogP contribution in [0.25, 0.3) is 0 Å². The van der Waals surface area contributed by atoms with Gasteiger partial charge in [-0.3, -0.25) is 9.59 Å². The second-order valence-electron chi connectivity index (χ2n) is 22.3. The molecule has 0 atom stereocenters. The van der Waals surface area contributed by atoms with Crippen molar-refractivity contribution in [1.29, 1.82) is 0 Å². The maximum absolute atomic E-state index is 13.5. The number of carboxylic acids is 1. The molecule has 0 saturated carbocycles. The third kappa shape index (κ3) is 12.4. The lowest BCUT2D eigenvalue weighted by atomic mass is 9.79. The highest BCUT2D eigenvalue weighted by Crippen LogP contribution is 2.44. The molecule has 2 aliphatic carbocycles. The first kappa shape index (κ1) is 50.2. The van der Waals surface area contributed by atoms with E-state index in [0.717, 1.165) is 44.5 Å². The van der Waals surface area contributed by atoms with Crippen LogP contribution >= 0.6 is 0 Å². The molecule has 4 aromatic rings. The number of phenolic OH excluding ortho intramolecular Hbond substituents is 2. The summed E-state index contributed by atoms with van der Waals surface area (Å²) in [5.41, 5.74) is 11.8. The standard InChI is InChI=1S/C57H70N2O8/c1-54(2,3)43-24-35-20-39-28-45(56(7,8)9)29-40(51(39)66-32-47(60)58-18-15-19-59-53(65)34-16-13-14-17-34)21-36-25-44(55(4,5)6)27-38(50(36)64)23-42-31-46(57(10,11)12)30-41(22-37(26-43)49(35)63)52(42)67-33-48(61)62/h13-14,16,24-31,63-64H,15,18-23,32-33H2,1-12H3,(H,58,60)(H,59,65)(H,61,62). The fourth-order valence-corrected chi connectivity index (χ4v) is 8.42. The van der Waals surface area contributed by atoms with Crippen molar-refractivity contribution in [3.05, 3.63) is 145 Å². The zero-order valence-electron chi connectivity index (χ0n) is 41.6. The Morgan fingerprint density at radius 1 is 0.537 bits per heavy atom. The number of ether oxygens (including phenoxy) is 2. The van der Waals surface area contributed by atoms with Crippen LogP contribution < -0.4 is 20.1 Å². The molecule has 67 heavy (non-hydrogen) atoms. The first-order valence-corrected chi connectivity index (χ1v) is 23.4. The average molecular weight is 911 g/mol. The summed E-state index contributed by atoms with van der Waals surface area (Å²) >= 11 is 0.